The van der Waals surface area contributed by atoms with E-state index in [0.717, 1.165) is 18.6 Å². The van der Waals surface area contributed by atoms with Crippen LogP contribution in [0.25, 0.3) is 0 Å². The van der Waals surface area contributed by atoms with E-state index in [9.17, 15) is 4.79 Å². The number of hydrogen-bond acceptors (Lipinski definition) is 3. The Bertz CT molecular complexity index is 462. The normalized spacial score (nSPS) is 34.2. The Hall–Kier alpha value is -1.39. The van der Waals surface area contributed by atoms with Crippen molar-refractivity contribution in [2.45, 2.75) is 37.5 Å². The minimum Gasteiger partial charge on any atom is -0.376 e. The summed E-state index contributed by atoms with van der Waals surface area (Å²) in [4.78, 5) is 12.3. The SMILES string of the molecule is CC(C(=O)NC1C(N)C2CCOC21)c1ccccc1. The predicted octanol–water partition coefficient (Wildman–Crippen LogP) is 1.02. The Morgan fingerprint density at radius 2 is 2.16 bits per heavy atom. The Morgan fingerprint density at radius 3 is 2.89 bits per heavy atom. The number of nitrogens with one attached hydrogen (secondary N) is 1. The fraction of sp³-hybridized carbons (Fsp3) is 0.533. The van der Waals surface area contributed by atoms with E-state index in [0.29, 0.717) is 5.92 Å². The topological polar surface area (TPSA) is 64.4 Å². The zero-order valence-corrected chi connectivity index (χ0v) is 11.1. The molecule has 1 amide bonds. The maximum atomic E-state index is 12.3. The van der Waals surface area contributed by atoms with Gasteiger partial charge >= 0.3 is 0 Å². The van der Waals surface area contributed by atoms with Gasteiger partial charge in [-0.15, -0.1) is 0 Å². The van der Waals surface area contributed by atoms with Crippen molar-refractivity contribution in [3.8, 4) is 0 Å². The molecule has 5 unspecified atom stereocenters. The molecule has 1 saturated carbocycles. The third-order valence-electron chi connectivity index (χ3n) is 4.45. The molecule has 1 aromatic rings. The molecule has 102 valence electrons. The highest BCUT2D eigenvalue weighted by atomic mass is 16.5. The van der Waals surface area contributed by atoms with Crippen molar-refractivity contribution in [2.75, 3.05) is 6.61 Å². The molecule has 19 heavy (non-hydrogen) atoms. The van der Waals surface area contributed by atoms with E-state index < -0.39 is 0 Å². The number of ether oxygens (including phenoxy) is 1. The lowest BCUT2D eigenvalue weighted by molar-refractivity contribution is -0.126. The smallest absolute Gasteiger partial charge is 0.227 e. The lowest BCUT2D eigenvalue weighted by Gasteiger charge is -2.45. The van der Waals surface area contributed by atoms with Crippen molar-refractivity contribution in [1.29, 1.82) is 0 Å². The molecule has 1 aromatic carbocycles. The van der Waals surface area contributed by atoms with Crippen LogP contribution in [0.2, 0.25) is 0 Å². The molecular weight excluding hydrogens is 240 g/mol. The zero-order valence-electron chi connectivity index (χ0n) is 11.1. The van der Waals surface area contributed by atoms with Gasteiger partial charge in [-0.25, -0.2) is 0 Å². The van der Waals surface area contributed by atoms with Crippen molar-refractivity contribution in [2.24, 2.45) is 11.7 Å². The first kappa shape index (κ1) is 12.6. The summed E-state index contributed by atoms with van der Waals surface area (Å²) in [5.41, 5.74) is 7.13. The number of hydrogen-bond donors (Lipinski definition) is 2. The van der Waals surface area contributed by atoms with Gasteiger partial charge in [-0.1, -0.05) is 30.3 Å². The molecular formula is C15H20N2O2. The highest BCUT2D eigenvalue weighted by molar-refractivity contribution is 5.83. The molecule has 5 atom stereocenters. The summed E-state index contributed by atoms with van der Waals surface area (Å²) in [6, 6.07) is 9.81. The number of carbonyl (C=O) groups excluding carboxylic acids is 1. The molecule has 1 heterocycles. The minimum absolute atomic E-state index is 0.0221. The summed E-state index contributed by atoms with van der Waals surface area (Å²) in [5.74, 6) is 0.298. The molecule has 4 nitrogen and oxygen atoms in total. The molecule has 2 aliphatic rings. The van der Waals surface area contributed by atoms with Crippen LogP contribution >= 0.6 is 0 Å². The maximum Gasteiger partial charge on any atom is 0.227 e. The van der Waals surface area contributed by atoms with Crippen LogP contribution in [-0.4, -0.2) is 30.7 Å². The number of fused-ring (bicyclic) bond motifs is 1. The molecule has 1 aliphatic heterocycles. The Morgan fingerprint density at radius 1 is 1.42 bits per heavy atom. The lowest BCUT2D eigenvalue weighted by Crippen LogP contribution is -2.69. The average Bonchev–Trinajstić information content (AvgIpc) is 2.89. The van der Waals surface area contributed by atoms with Crippen LogP contribution in [0.15, 0.2) is 30.3 Å². The van der Waals surface area contributed by atoms with Crippen molar-refractivity contribution in [1.82, 2.24) is 5.32 Å². The number of nitrogens with two attached hydrogens (primary N) is 1. The summed E-state index contributed by atoms with van der Waals surface area (Å²) < 4.78 is 5.63. The van der Waals surface area contributed by atoms with Gasteiger partial charge in [0.2, 0.25) is 5.91 Å². The monoisotopic (exact) mass is 260 g/mol. The van der Waals surface area contributed by atoms with Crippen LogP contribution in [0.3, 0.4) is 0 Å². The molecule has 3 N–H and O–H groups in total. The van der Waals surface area contributed by atoms with Gasteiger partial charge in [-0.3, -0.25) is 4.79 Å². The third kappa shape index (κ3) is 2.15. The summed E-state index contributed by atoms with van der Waals surface area (Å²) >= 11 is 0. The van der Waals surface area contributed by atoms with E-state index in [1.54, 1.807) is 0 Å². The average molecular weight is 260 g/mol. The van der Waals surface area contributed by atoms with Gasteiger partial charge in [0.15, 0.2) is 0 Å². The quantitative estimate of drug-likeness (QED) is 0.853. The van der Waals surface area contributed by atoms with Crippen molar-refractivity contribution >= 4 is 5.91 Å². The van der Waals surface area contributed by atoms with E-state index in [1.807, 2.05) is 37.3 Å². The fourth-order valence-corrected chi connectivity index (χ4v) is 3.11. The molecule has 2 fully saturated rings. The molecule has 0 bridgehead atoms. The number of rotatable bonds is 3. The van der Waals surface area contributed by atoms with Crippen LogP contribution < -0.4 is 11.1 Å². The second-order valence-corrected chi connectivity index (χ2v) is 5.53. The third-order valence-corrected chi connectivity index (χ3v) is 4.45. The van der Waals surface area contributed by atoms with Gasteiger partial charge in [0.25, 0.3) is 0 Å². The largest absolute Gasteiger partial charge is 0.376 e. The molecule has 1 aliphatic carbocycles. The Labute approximate surface area is 113 Å². The molecule has 0 aromatic heterocycles. The van der Waals surface area contributed by atoms with Gasteiger partial charge in [-0.2, -0.15) is 0 Å². The Balaban J connectivity index is 1.63. The first-order chi connectivity index (χ1) is 9.18. The predicted molar refractivity (Wildman–Crippen MR) is 72.6 cm³/mol. The van der Waals surface area contributed by atoms with Gasteiger partial charge in [0, 0.05) is 18.6 Å². The first-order valence-corrected chi connectivity index (χ1v) is 6.91. The van der Waals surface area contributed by atoms with Crippen LogP contribution in [0.4, 0.5) is 0 Å². The first-order valence-electron chi connectivity index (χ1n) is 6.91. The van der Waals surface area contributed by atoms with Gasteiger partial charge < -0.3 is 15.8 Å². The van der Waals surface area contributed by atoms with Crippen LogP contribution in [0, 0.1) is 5.92 Å². The number of carbonyl (C=O) groups is 1. The highest BCUT2D eigenvalue weighted by Crippen LogP contribution is 2.38. The van der Waals surface area contributed by atoms with Crippen molar-refractivity contribution in [3.63, 3.8) is 0 Å². The standard InChI is InChI=1S/C15H20N2O2/c1-9(10-5-3-2-4-6-10)15(18)17-13-12(16)11-7-8-19-14(11)13/h2-6,9,11-14H,7-8,16H2,1H3,(H,17,18). The second-order valence-electron chi connectivity index (χ2n) is 5.53. The lowest BCUT2D eigenvalue weighted by atomic mass is 9.72. The number of amides is 1. The second kappa shape index (κ2) is 4.94. The summed E-state index contributed by atoms with van der Waals surface area (Å²) in [5, 5.41) is 3.05. The van der Waals surface area contributed by atoms with Crippen LogP contribution in [0.5, 0.6) is 0 Å². The molecule has 4 heteroatoms. The molecule has 0 spiro atoms. The zero-order chi connectivity index (χ0) is 13.4. The fourth-order valence-electron chi connectivity index (χ4n) is 3.11. The summed E-state index contributed by atoms with van der Waals surface area (Å²) in [6.45, 7) is 2.69. The minimum atomic E-state index is -0.158. The molecule has 0 radical (unpaired) electrons. The van der Waals surface area contributed by atoms with Crippen molar-refractivity contribution in [3.05, 3.63) is 35.9 Å². The van der Waals surface area contributed by atoms with E-state index >= 15 is 0 Å². The van der Waals surface area contributed by atoms with Gasteiger partial charge in [0.1, 0.15) is 0 Å². The highest BCUT2D eigenvalue weighted by Gasteiger charge is 2.52. The Kier molecular flexibility index (Phi) is 3.29. The van der Waals surface area contributed by atoms with Crippen LogP contribution in [-0.2, 0) is 9.53 Å². The van der Waals surface area contributed by atoms with Gasteiger partial charge in [0.05, 0.1) is 18.1 Å². The van der Waals surface area contributed by atoms with Gasteiger partial charge in [-0.05, 0) is 18.9 Å². The van der Waals surface area contributed by atoms with Crippen LogP contribution in [0.1, 0.15) is 24.8 Å². The maximum absolute atomic E-state index is 12.3. The van der Waals surface area contributed by atoms with E-state index in [4.69, 9.17) is 10.5 Å². The molecule has 1 saturated heterocycles. The molecule has 3 rings (SSSR count). The van der Waals surface area contributed by atoms with E-state index in [1.165, 1.54) is 0 Å². The van der Waals surface area contributed by atoms with E-state index in [-0.39, 0.29) is 30.0 Å². The number of benzene rings is 1. The van der Waals surface area contributed by atoms with Crippen molar-refractivity contribution < 1.29 is 9.53 Å². The summed E-state index contributed by atoms with van der Waals surface area (Å²) in [7, 11) is 0. The van der Waals surface area contributed by atoms with E-state index in [2.05, 4.69) is 5.32 Å². The summed E-state index contributed by atoms with van der Waals surface area (Å²) in [6.07, 6.45) is 1.15.